The molecule has 0 aromatic carbocycles. The van der Waals surface area contributed by atoms with Crippen molar-refractivity contribution >= 4 is 22.7 Å². The number of aliphatic hydroxyl groups excluding tert-OH is 2. The highest BCUT2D eigenvalue weighted by molar-refractivity contribution is 7.89. The third-order valence-corrected chi connectivity index (χ3v) is 5.98. The van der Waals surface area contributed by atoms with Gasteiger partial charge in [0.25, 0.3) is 0 Å². The van der Waals surface area contributed by atoms with Gasteiger partial charge < -0.3 is 43.7 Å². The quantitative estimate of drug-likeness (QED) is 0.0761. The summed E-state index contributed by atoms with van der Waals surface area (Å²) in [7, 11) is -3.79. The normalized spacial score (nSPS) is 43.3. The highest BCUT2D eigenvalue weighted by Crippen LogP contribution is 2.37. The Bertz CT molecular complexity index is 679. The first kappa shape index (κ1) is 25.4. The number of aliphatic hydroxyl groups is 2. The van der Waals surface area contributed by atoms with Crippen LogP contribution in [0.2, 0.25) is 0 Å². The molecule has 3 rings (SSSR count). The summed E-state index contributed by atoms with van der Waals surface area (Å²) in [5.41, 5.74) is 0. The van der Waals surface area contributed by atoms with Gasteiger partial charge in [0.2, 0.25) is 10.4 Å². The summed E-state index contributed by atoms with van der Waals surface area (Å²) >= 11 is 0.153. The van der Waals surface area contributed by atoms with Gasteiger partial charge in [0.05, 0.1) is 19.3 Å². The Hall–Kier alpha value is -0.220. The van der Waals surface area contributed by atoms with Crippen LogP contribution < -0.4 is 5.26 Å². The maximum absolute atomic E-state index is 11.1. The van der Waals surface area contributed by atoms with Gasteiger partial charge in [0.15, 0.2) is 18.6 Å². The van der Waals surface area contributed by atoms with Gasteiger partial charge in [0.1, 0.15) is 48.8 Å². The van der Waals surface area contributed by atoms with Gasteiger partial charge >= 0.3 is 0 Å². The van der Waals surface area contributed by atoms with E-state index in [4.69, 9.17) is 27.9 Å². The first-order valence-electron chi connectivity index (χ1n) is 9.02. The molecule has 0 spiro atoms. The lowest BCUT2D eigenvalue weighted by molar-refractivity contribution is -0.777. The van der Waals surface area contributed by atoms with Crippen LogP contribution in [-0.2, 0) is 51.8 Å². The summed E-state index contributed by atoms with van der Waals surface area (Å²) in [5.74, 6) is 0. The minimum Gasteiger partial charge on any atom is -0.726 e. The molecule has 2 bridgehead atoms. The summed E-state index contributed by atoms with van der Waals surface area (Å²) in [5, 5.41) is 33.4. The topological polar surface area (TPSA) is 204 Å². The van der Waals surface area contributed by atoms with E-state index in [9.17, 15) is 28.4 Å². The molecular weight excluding hydrogens is 472 g/mol. The second kappa shape index (κ2) is 10.8. The largest absolute Gasteiger partial charge is 0.726 e. The van der Waals surface area contributed by atoms with E-state index in [1.165, 1.54) is 14.0 Å². The van der Waals surface area contributed by atoms with E-state index in [-0.39, 0.29) is 18.9 Å². The number of fused-ring (bicyclic) bond motifs is 2. The van der Waals surface area contributed by atoms with Crippen LogP contribution in [0.15, 0.2) is 0 Å². The van der Waals surface area contributed by atoms with Crippen molar-refractivity contribution in [1.82, 2.24) is 0 Å². The standard InChI is InChI=1S/C14H24O15S2/c1-5-9(27-31(18,19)20)13-10(7(23-5)4-22-13)25-14-8(16)12(21-2)11(6(3-15)24-14)26-30-29-28-17/h5-17H,3-4H2,1-2H3,(H,18,19,20)/p-2/t5-,6?,7?,8+,9?,10-,11-,12?,13-,14-/m0/s1. The Morgan fingerprint density at radius 2 is 1.94 bits per heavy atom. The van der Waals surface area contributed by atoms with Crippen LogP contribution in [0.4, 0.5) is 0 Å². The molecule has 2 N–H and O–H groups in total. The molecule has 3 aliphatic rings. The predicted molar refractivity (Wildman–Crippen MR) is 90.7 cm³/mol. The van der Waals surface area contributed by atoms with Crippen molar-refractivity contribution < 1.29 is 69.9 Å². The molecule has 31 heavy (non-hydrogen) atoms. The Labute approximate surface area is 181 Å². The maximum atomic E-state index is 11.1. The zero-order valence-corrected chi connectivity index (χ0v) is 17.8. The Morgan fingerprint density at radius 1 is 1.19 bits per heavy atom. The van der Waals surface area contributed by atoms with Crippen LogP contribution in [0, 0.1) is 0 Å². The Kier molecular flexibility index (Phi) is 8.85. The third kappa shape index (κ3) is 5.83. The highest BCUT2D eigenvalue weighted by Gasteiger charge is 2.55. The summed E-state index contributed by atoms with van der Waals surface area (Å²) in [6.45, 7) is 0.952. The molecule has 0 aromatic rings. The molecule has 10 atom stereocenters. The van der Waals surface area contributed by atoms with Gasteiger partial charge in [-0.05, 0) is 6.92 Å². The van der Waals surface area contributed by atoms with E-state index in [0.717, 1.165) is 0 Å². The lowest BCUT2D eigenvalue weighted by Gasteiger charge is -2.45. The third-order valence-electron chi connectivity index (χ3n) is 5.11. The van der Waals surface area contributed by atoms with Crippen molar-refractivity contribution in [1.29, 1.82) is 0 Å². The van der Waals surface area contributed by atoms with E-state index in [0.29, 0.717) is 0 Å². The predicted octanol–water partition coefficient (Wildman–Crippen LogP) is -3.33. The van der Waals surface area contributed by atoms with Crippen LogP contribution in [0.3, 0.4) is 0 Å². The molecular formula is C14H22O15S2-2. The second-order valence-electron chi connectivity index (χ2n) is 6.93. The van der Waals surface area contributed by atoms with E-state index >= 15 is 0 Å². The molecule has 0 aromatic heterocycles. The molecule has 3 aliphatic heterocycles. The Balaban J connectivity index is 1.72. The van der Waals surface area contributed by atoms with Gasteiger partial charge in [-0.3, -0.25) is 13.4 Å². The molecule has 4 unspecified atom stereocenters. The van der Waals surface area contributed by atoms with Crippen molar-refractivity contribution in [3.05, 3.63) is 0 Å². The second-order valence-corrected chi connectivity index (χ2v) is 8.40. The van der Waals surface area contributed by atoms with Crippen LogP contribution in [0.25, 0.3) is 0 Å². The fourth-order valence-electron chi connectivity index (χ4n) is 3.83. The van der Waals surface area contributed by atoms with E-state index in [1.807, 2.05) is 0 Å². The molecule has 0 radical (unpaired) electrons. The van der Waals surface area contributed by atoms with E-state index in [1.54, 1.807) is 0 Å². The van der Waals surface area contributed by atoms with Crippen LogP contribution >= 0.6 is 12.3 Å². The number of ether oxygens (including phenoxy) is 5. The summed E-state index contributed by atoms with van der Waals surface area (Å²) in [4.78, 5) is 0. The zero-order valence-electron chi connectivity index (χ0n) is 16.2. The molecule has 15 nitrogen and oxygen atoms in total. The number of methoxy groups -OCH3 is 1. The first-order valence-corrected chi connectivity index (χ1v) is 11.0. The van der Waals surface area contributed by atoms with Crippen molar-refractivity contribution in [2.75, 3.05) is 20.3 Å². The molecule has 17 heteroatoms. The van der Waals surface area contributed by atoms with Gasteiger partial charge in [-0.2, -0.15) is 0 Å². The lowest BCUT2D eigenvalue weighted by atomic mass is 9.97. The lowest BCUT2D eigenvalue weighted by Crippen LogP contribution is -2.63. The Morgan fingerprint density at radius 3 is 2.55 bits per heavy atom. The molecule has 3 fully saturated rings. The molecule has 182 valence electrons. The fraction of sp³-hybridized carbons (Fsp3) is 1.00. The minimum absolute atomic E-state index is 0.0211. The smallest absolute Gasteiger partial charge is 0.218 e. The molecule has 3 heterocycles. The van der Waals surface area contributed by atoms with Crippen molar-refractivity contribution in [3.8, 4) is 0 Å². The van der Waals surface area contributed by atoms with Crippen LogP contribution in [-0.4, -0.2) is 105 Å². The maximum Gasteiger partial charge on any atom is 0.218 e. The average Bonchev–Trinajstić information content (AvgIpc) is 3.01. The molecule has 0 saturated carbocycles. The van der Waals surface area contributed by atoms with Gasteiger partial charge in [-0.15, -0.1) is 4.33 Å². The van der Waals surface area contributed by atoms with E-state index in [2.05, 4.69) is 13.6 Å². The van der Waals surface area contributed by atoms with Gasteiger partial charge in [-0.25, -0.2) is 8.42 Å². The van der Waals surface area contributed by atoms with Gasteiger partial charge in [-0.1, -0.05) is 0 Å². The zero-order chi connectivity index (χ0) is 22.8. The van der Waals surface area contributed by atoms with Gasteiger partial charge in [0, 0.05) is 7.11 Å². The van der Waals surface area contributed by atoms with Crippen molar-refractivity contribution in [2.45, 2.75) is 68.1 Å². The molecule has 3 saturated heterocycles. The summed E-state index contributed by atoms with van der Waals surface area (Å²) in [6.07, 6.45) is -10.8. The van der Waals surface area contributed by atoms with Crippen molar-refractivity contribution in [2.24, 2.45) is 0 Å². The van der Waals surface area contributed by atoms with Crippen molar-refractivity contribution in [3.63, 3.8) is 0 Å². The number of hydrogen-bond acceptors (Lipinski definition) is 16. The number of rotatable bonds is 10. The fourth-order valence-corrected chi connectivity index (χ4v) is 4.75. The average molecular weight is 494 g/mol. The van der Waals surface area contributed by atoms with Crippen LogP contribution in [0.5, 0.6) is 0 Å². The monoisotopic (exact) mass is 494 g/mol. The van der Waals surface area contributed by atoms with Crippen LogP contribution in [0.1, 0.15) is 6.92 Å². The molecule has 0 amide bonds. The van der Waals surface area contributed by atoms with E-state index < -0.39 is 78.2 Å². The highest BCUT2D eigenvalue weighted by atomic mass is 32.3. The number of hydrogen-bond donors (Lipinski definition) is 2. The summed E-state index contributed by atoms with van der Waals surface area (Å²) in [6, 6.07) is 0. The SMILES string of the molecule is COC1[C@@H](OSOO[O-])C(CO)O[C@@H](O[C@H]2C3CO[C@H]2C(OS(=O)(=O)[O-])[C@H](C)O3)[C@@H]1O. The first-order chi connectivity index (χ1) is 14.7. The molecule has 0 aliphatic carbocycles. The summed E-state index contributed by atoms with van der Waals surface area (Å²) < 4.78 is 74.7. The minimum atomic E-state index is -5.05.